The van der Waals surface area contributed by atoms with Gasteiger partial charge < -0.3 is 11.1 Å². The molecule has 0 aliphatic carbocycles. The second-order valence-corrected chi connectivity index (χ2v) is 6.91. The highest BCUT2D eigenvalue weighted by Crippen LogP contribution is 2.32. The SMILES string of the molecule is Nc1cc(Br)cc(Br)c1NC(=O)Cc1ccc(Cl)c(Cl)c1. The Labute approximate surface area is 149 Å². The van der Waals surface area contributed by atoms with Crippen molar-refractivity contribution in [1.29, 1.82) is 0 Å². The smallest absolute Gasteiger partial charge is 0.228 e. The number of rotatable bonds is 3. The molecule has 0 bridgehead atoms. The molecule has 0 aliphatic heterocycles. The minimum atomic E-state index is -0.192. The van der Waals surface area contributed by atoms with Gasteiger partial charge in [0.25, 0.3) is 0 Å². The topological polar surface area (TPSA) is 55.1 Å². The Kier molecular flexibility index (Phi) is 5.54. The van der Waals surface area contributed by atoms with Crippen molar-refractivity contribution < 1.29 is 4.79 Å². The summed E-state index contributed by atoms with van der Waals surface area (Å²) < 4.78 is 1.53. The van der Waals surface area contributed by atoms with E-state index in [9.17, 15) is 4.79 Å². The first kappa shape index (κ1) is 16.6. The Morgan fingerprint density at radius 2 is 1.86 bits per heavy atom. The molecule has 110 valence electrons. The van der Waals surface area contributed by atoms with Crippen molar-refractivity contribution in [2.45, 2.75) is 6.42 Å². The number of nitrogens with one attached hydrogen (secondary N) is 1. The van der Waals surface area contributed by atoms with E-state index in [1.165, 1.54) is 0 Å². The van der Waals surface area contributed by atoms with Gasteiger partial charge in [-0.05, 0) is 45.8 Å². The molecule has 2 aromatic rings. The van der Waals surface area contributed by atoms with Crippen LogP contribution in [0.2, 0.25) is 10.0 Å². The highest BCUT2D eigenvalue weighted by atomic mass is 79.9. The Morgan fingerprint density at radius 3 is 2.48 bits per heavy atom. The summed E-state index contributed by atoms with van der Waals surface area (Å²) in [4.78, 5) is 12.1. The molecule has 0 atom stereocenters. The summed E-state index contributed by atoms with van der Waals surface area (Å²) in [5, 5.41) is 3.66. The summed E-state index contributed by atoms with van der Waals surface area (Å²) in [6.07, 6.45) is 0.179. The number of hydrogen-bond donors (Lipinski definition) is 2. The van der Waals surface area contributed by atoms with Crippen molar-refractivity contribution in [1.82, 2.24) is 0 Å². The lowest BCUT2D eigenvalue weighted by Crippen LogP contribution is -2.16. The summed E-state index contributed by atoms with van der Waals surface area (Å²) in [5.74, 6) is -0.192. The van der Waals surface area contributed by atoms with Crippen LogP contribution < -0.4 is 11.1 Å². The predicted molar refractivity (Wildman–Crippen MR) is 95.1 cm³/mol. The number of carbonyl (C=O) groups excluding carboxylic acids is 1. The molecule has 0 unspecified atom stereocenters. The van der Waals surface area contributed by atoms with Crippen LogP contribution in [0.15, 0.2) is 39.3 Å². The number of carbonyl (C=O) groups is 1. The molecule has 3 N–H and O–H groups in total. The molecule has 21 heavy (non-hydrogen) atoms. The molecular formula is C14H10Br2Cl2N2O. The fourth-order valence-electron chi connectivity index (χ4n) is 1.74. The lowest BCUT2D eigenvalue weighted by atomic mass is 10.1. The molecule has 3 nitrogen and oxygen atoms in total. The van der Waals surface area contributed by atoms with Crippen LogP contribution in [0, 0.1) is 0 Å². The van der Waals surface area contributed by atoms with Gasteiger partial charge in [0.2, 0.25) is 5.91 Å². The third-order valence-corrected chi connectivity index (χ3v) is 4.52. The zero-order chi connectivity index (χ0) is 15.6. The zero-order valence-electron chi connectivity index (χ0n) is 10.6. The van der Waals surface area contributed by atoms with Gasteiger partial charge in [0.15, 0.2) is 0 Å². The summed E-state index contributed by atoms with van der Waals surface area (Å²) in [6, 6.07) is 8.62. The third-order valence-electron chi connectivity index (χ3n) is 2.70. The van der Waals surface area contributed by atoms with E-state index < -0.39 is 0 Å². The van der Waals surface area contributed by atoms with Crippen molar-refractivity contribution in [2.75, 3.05) is 11.1 Å². The molecule has 0 aromatic heterocycles. The zero-order valence-corrected chi connectivity index (χ0v) is 15.3. The fourth-order valence-corrected chi connectivity index (χ4v) is 3.42. The largest absolute Gasteiger partial charge is 0.397 e. The van der Waals surface area contributed by atoms with Gasteiger partial charge in [0.1, 0.15) is 0 Å². The molecule has 0 saturated carbocycles. The van der Waals surface area contributed by atoms with E-state index in [1.54, 1.807) is 24.3 Å². The standard InChI is InChI=1S/C14H10Br2Cl2N2O/c15-8-5-9(16)14(12(19)6-8)20-13(21)4-7-1-2-10(17)11(18)3-7/h1-3,5-6H,4,19H2,(H,20,21). The minimum absolute atomic E-state index is 0.179. The van der Waals surface area contributed by atoms with Gasteiger partial charge in [0.05, 0.1) is 27.8 Å². The number of hydrogen-bond acceptors (Lipinski definition) is 2. The Bertz CT molecular complexity index is 684. The molecule has 2 aromatic carbocycles. The highest BCUT2D eigenvalue weighted by molar-refractivity contribution is 9.11. The Balaban J connectivity index is 2.13. The third kappa shape index (κ3) is 4.36. The van der Waals surface area contributed by atoms with Gasteiger partial charge in [-0.2, -0.15) is 0 Å². The van der Waals surface area contributed by atoms with Crippen molar-refractivity contribution >= 4 is 72.3 Å². The lowest BCUT2D eigenvalue weighted by Gasteiger charge is -2.11. The number of amides is 1. The van der Waals surface area contributed by atoms with Crippen LogP contribution in [-0.4, -0.2) is 5.91 Å². The van der Waals surface area contributed by atoms with E-state index in [0.717, 1.165) is 10.0 Å². The minimum Gasteiger partial charge on any atom is -0.397 e. The summed E-state index contributed by atoms with van der Waals surface area (Å²) in [5.41, 5.74) is 7.68. The van der Waals surface area contributed by atoms with E-state index in [0.29, 0.717) is 25.9 Å². The first-order chi connectivity index (χ1) is 9.86. The molecule has 0 heterocycles. The number of benzene rings is 2. The first-order valence-electron chi connectivity index (χ1n) is 5.85. The second-order valence-electron chi connectivity index (χ2n) is 4.33. The van der Waals surface area contributed by atoms with Crippen LogP contribution in [-0.2, 0) is 11.2 Å². The van der Waals surface area contributed by atoms with Gasteiger partial charge in [-0.1, -0.05) is 45.2 Å². The molecule has 0 radical (unpaired) electrons. The van der Waals surface area contributed by atoms with Gasteiger partial charge in [0, 0.05) is 8.95 Å². The van der Waals surface area contributed by atoms with Crippen molar-refractivity contribution in [3.63, 3.8) is 0 Å². The summed E-state index contributed by atoms with van der Waals surface area (Å²) in [7, 11) is 0. The highest BCUT2D eigenvalue weighted by Gasteiger charge is 2.11. The second kappa shape index (κ2) is 7.01. The molecule has 1 amide bonds. The quantitative estimate of drug-likeness (QED) is 0.622. The molecule has 0 fully saturated rings. The van der Waals surface area contributed by atoms with Crippen LogP contribution in [0.5, 0.6) is 0 Å². The lowest BCUT2D eigenvalue weighted by molar-refractivity contribution is -0.115. The maximum atomic E-state index is 12.1. The first-order valence-corrected chi connectivity index (χ1v) is 8.19. The average molecular weight is 453 g/mol. The molecule has 2 rings (SSSR count). The number of anilines is 2. The molecule has 7 heteroatoms. The van der Waals surface area contributed by atoms with E-state index in [1.807, 2.05) is 6.07 Å². The Morgan fingerprint density at radius 1 is 1.14 bits per heavy atom. The van der Waals surface area contributed by atoms with Crippen LogP contribution in [0.4, 0.5) is 11.4 Å². The van der Waals surface area contributed by atoms with Crippen molar-refractivity contribution in [3.8, 4) is 0 Å². The number of nitrogen functional groups attached to an aromatic ring is 1. The molecule has 0 aliphatic rings. The molecular weight excluding hydrogens is 443 g/mol. The summed E-state index contributed by atoms with van der Waals surface area (Å²) in [6.45, 7) is 0. The van der Waals surface area contributed by atoms with E-state index >= 15 is 0 Å². The van der Waals surface area contributed by atoms with Crippen LogP contribution in [0.25, 0.3) is 0 Å². The normalized spacial score (nSPS) is 10.5. The number of nitrogens with two attached hydrogens (primary N) is 1. The maximum absolute atomic E-state index is 12.1. The van der Waals surface area contributed by atoms with Crippen molar-refractivity contribution in [2.24, 2.45) is 0 Å². The molecule has 0 saturated heterocycles. The van der Waals surface area contributed by atoms with Crippen molar-refractivity contribution in [3.05, 3.63) is 54.9 Å². The van der Waals surface area contributed by atoms with Crippen LogP contribution >= 0.6 is 55.1 Å². The number of halogens is 4. The van der Waals surface area contributed by atoms with Gasteiger partial charge in [-0.25, -0.2) is 0 Å². The predicted octanol–water partition coefficient (Wildman–Crippen LogP) is 5.28. The average Bonchev–Trinajstić information content (AvgIpc) is 2.38. The van der Waals surface area contributed by atoms with Gasteiger partial charge in [-0.15, -0.1) is 0 Å². The van der Waals surface area contributed by atoms with E-state index in [-0.39, 0.29) is 12.3 Å². The van der Waals surface area contributed by atoms with Crippen LogP contribution in [0.3, 0.4) is 0 Å². The summed E-state index contributed by atoms with van der Waals surface area (Å²) >= 11 is 18.5. The monoisotopic (exact) mass is 450 g/mol. The van der Waals surface area contributed by atoms with E-state index in [2.05, 4.69) is 37.2 Å². The molecule has 0 spiro atoms. The fraction of sp³-hybridized carbons (Fsp3) is 0.0714. The van der Waals surface area contributed by atoms with Gasteiger partial charge >= 0.3 is 0 Å². The van der Waals surface area contributed by atoms with Crippen LogP contribution in [0.1, 0.15) is 5.56 Å². The van der Waals surface area contributed by atoms with E-state index in [4.69, 9.17) is 28.9 Å². The van der Waals surface area contributed by atoms with Gasteiger partial charge in [-0.3, -0.25) is 4.79 Å². The Hall–Kier alpha value is -0.750. The maximum Gasteiger partial charge on any atom is 0.228 e.